The summed E-state index contributed by atoms with van der Waals surface area (Å²) in [5.74, 6) is -0.395. The van der Waals surface area contributed by atoms with Crippen LogP contribution in [0.2, 0.25) is 5.02 Å². The minimum absolute atomic E-state index is 0.0980. The number of aromatic nitrogens is 1. The van der Waals surface area contributed by atoms with Crippen LogP contribution >= 0.6 is 23.8 Å². The van der Waals surface area contributed by atoms with Gasteiger partial charge in [-0.25, -0.2) is 9.18 Å². The molecular formula is C26H19ClFN3O3S. The van der Waals surface area contributed by atoms with Crippen molar-refractivity contribution in [3.63, 3.8) is 0 Å². The van der Waals surface area contributed by atoms with Crippen LogP contribution in [0.5, 0.6) is 0 Å². The summed E-state index contributed by atoms with van der Waals surface area (Å²) < 4.78 is 20.3. The number of hydrogen-bond acceptors (Lipinski definition) is 4. The van der Waals surface area contributed by atoms with Gasteiger partial charge in [0.2, 0.25) is 0 Å². The maximum absolute atomic E-state index is 14.0. The molecule has 176 valence electrons. The molecule has 0 saturated carbocycles. The Hall–Kier alpha value is -3.75. The molecule has 2 aromatic heterocycles. The molecule has 0 bridgehead atoms. The molecule has 9 heteroatoms. The van der Waals surface area contributed by atoms with Gasteiger partial charge in [0, 0.05) is 17.4 Å². The van der Waals surface area contributed by atoms with Crippen molar-refractivity contribution in [2.75, 3.05) is 4.90 Å². The Morgan fingerprint density at radius 2 is 2.00 bits per heavy atom. The molecular weight excluding hydrogens is 489 g/mol. The fourth-order valence-corrected chi connectivity index (χ4v) is 4.76. The molecule has 1 aliphatic rings. The fourth-order valence-electron chi connectivity index (χ4n) is 4.20. The first kappa shape index (κ1) is 23.0. The number of carboxylic acid groups (broad SMARTS) is 1. The molecule has 6 nitrogen and oxygen atoms in total. The number of rotatable bonds is 5. The summed E-state index contributed by atoms with van der Waals surface area (Å²) in [5, 5.41) is 13.5. The van der Waals surface area contributed by atoms with Crippen molar-refractivity contribution < 1.29 is 18.7 Å². The third-order valence-electron chi connectivity index (χ3n) is 5.91. The van der Waals surface area contributed by atoms with E-state index in [0.717, 1.165) is 5.69 Å². The summed E-state index contributed by atoms with van der Waals surface area (Å²) in [7, 11) is 0. The van der Waals surface area contributed by atoms with Gasteiger partial charge in [0.25, 0.3) is 0 Å². The topological polar surface area (TPSA) is 78.6 Å². The molecule has 1 fully saturated rings. The van der Waals surface area contributed by atoms with E-state index in [4.69, 9.17) is 28.2 Å². The minimum atomic E-state index is -1.06. The molecule has 0 amide bonds. The lowest BCUT2D eigenvalue weighted by atomic mass is 10.0. The molecule has 1 aliphatic heterocycles. The van der Waals surface area contributed by atoms with Crippen LogP contribution in [0, 0.1) is 12.7 Å². The number of thiocarbonyl (C=S) groups is 1. The highest BCUT2D eigenvalue weighted by Crippen LogP contribution is 2.43. The zero-order valence-corrected chi connectivity index (χ0v) is 20.0. The lowest BCUT2D eigenvalue weighted by molar-refractivity contribution is 0.0697. The Labute approximate surface area is 211 Å². The van der Waals surface area contributed by atoms with Crippen molar-refractivity contribution in [3.8, 4) is 11.3 Å². The van der Waals surface area contributed by atoms with Crippen molar-refractivity contribution in [2.45, 2.75) is 19.0 Å². The number of furan rings is 1. The molecule has 0 aliphatic carbocycles. The average molecular weight is 508 g/mol. The molecule has 0 radical (unpaired) electrons. The average Bonchev–Trinajstić information content (AvgIpc) is 3.46. The third kappa shape index (κ3) is 4.26. The first-order valence-corrected chi connectivity index (χ1v) is 11.5. The number of carbonyl (C=O) groups is 1. The summed E-state index contributed by atoms with van der Waals surface area (Å²) in [5.41, 5.74) is 2.51. The number of halogens is 2. The summed E-state index contributed by atoms with van der Waals surface area (Å²) in [4.78, 5) is 17.8. The van der Waals surface area contributed by atoms with E-state index in [1.54, 1.807) is 37.4 Å². The third-order valence-corrected chi connectivity index (χ3v) is 6.56. The molecule has 2 N–H and O–H groups in total. The van der Waals surface area contributed by atoms with E-state index < -0.39 is 12.0 Å². The van der Waals surface area contributed by atoms with E-state index in [9.17, 15) is 14.3 Å². The number of carboxylic acids is 1. The zero-order valence-electron chi connectivity index (χ0n) is 18.4. The maximum Gasteiger partial charge on any atom is 0.335 e. The van der Waals surface area contributed by atoms with Gasteiger partial charge in [-0.1, -0.05) is 17.7 Å². The monoisotopic (exact) mass is 507 g/mol. The Morgan fingerprint density at radius 3 is 2.71 bits per heavy atom. The van der Waals surface area contributed by atoms with Gasteiger partial charge in [-0.3, -0.25) is 4.98 Å². The smallest absolute Gasteiger partial charge is 0.335 e. The lowest BCUT2D eigenvalue weighted by Gasteiger charge is -2.26. The number of aryl methyl sites for hydroxylation is 1. The Balaban J connectivity index is 1.62. The molecule has 2 aromatic carbocycles. The molecule has 5 rings (SSSR count). The highest BCUT2D eigenvalue weighted by Gasteiger charge is 2.42. The van der Waals surface area contributed by atoms with Crippen LogP contribution in [-0.4, -0.2) is 21.2 Å². The van der Waals surface area contributed by atoms with Crippen LogP contribution in [-0.2, 0) is 0 Å². The SMILES string of the molecule is Cc1cc(N2C(=S)N[C@H](c3ccccn3)[C@@H]2c2ccc(-c3cc(C(=O)O)ccc3Cl)o2)ccc1F. The van der Waals surface area contributed by atoms with Crippen LogP contribution in [0.1, 0.15) is 39.5 Å². The van der Waals surface area contributed by atoms with Crippen LogP contribution in [0.25, 0.3) is 11.3 Å². The highest BCUT2D eigenvalue weighted by atomic mass is 35.5. The molecule has 0 spiro atoms. The number of benzene rings is 2. The van der Waals surface area contributed by atoms with E-state index in [1.807, 2.05) is 23.1 Å². The number of nitrogens with one attached hydrogen (secondary N) is 1. The standard InChI is InChI=1S/C26H19ClFN3O3S/c1-14-12-16(6-8-19(14)28)31-24(23(30-26(31)35)20-4-2-3-11-29-20)22-10-9-21(34-22)17-13-15(25(32)33)5-7-18(17)27/h2-13,23-24H,1H3,(H,30,35)(H,32,33)/t23-,24+/m1/s1. The van der Waals surface area contributed by atoms with Gasteiger partial charge in [0.05, 0.1) is 22.3 Å². The fraction of sp³-hybridized carbons (Fsp3) is 0.115. The van der Waals surface area contributed by atoms with Crippen LogP contribution in [0.4, 0.5) is 10.1 Å². The summed E-state index contributed by atoms with van der Waals surface area (Å²) in [6, 6.07) is 17.6. The maximum atomic E-state index is 14.0. The van der Waals surface area contributed by atoms with Gasteiger partial charge in [-0.15, -0.1) is 0 Å². The number of aromatic carboxylic acids is 1. The molecule has 4 aromatic rings. The second-order valence-electron chi connectivity index (χ2n) is 8.13. The van der Waals surface area contributed by atoms with Gasteiger partial charge >= 0.3 is 5.97 Å². The first-order chi connectivity index (χ1) is 16.8. The molecule has 1 saturated heterocycles. The van der Waals surface area contributed by atoms with Crippen LogP contribution < -0.4 is 10.2 Å². The Morgan fingerprint density at radius 1 is 1.17 bits per heavy atom. The van der Waals surface area contributed by atoms with Gasteiger partial charge in [0.1, 0.15) is 23.4 Å². The van der Waals surface area contributed by atoms with Crippen molar-refractivity contribution >= 4 is 40.6 Å². The van der Waals surface area contributed by atoms with Gasteiger partial charge in [-0.05, 0) is 85.4 Å². The molecule has 0 unspecified atom stereocenters. The van der Waals surface area contributed by atoms with Gasteiger partial charge in [-0.2, -0.15) is 0 Å². The van der Waals surface area contributed by atoms with Crippen LogP contribution in [0.15, 0.2) is 77.3 Å². The zero-order chi connectivity index (χ0) is 24.7. The molecule has 2 atom stereocenters. The van der Waals surface area contributed by atoms with Gasteiger partial charge in [0.15, 0.2) is 5.11 Å². The van der Waals surface area contributed by atoms with Crippen molar-refractivity contribution in [2.24, 2.45) is 0 Å². The lowest BCUT2D eigenvalue weighted by Crippen LogP contribution is -2.29. The highest BCUT2D eigenvalue weighted by molar-refractivity contribution is 7.80. The van der Waals surface area contributed by atoms with Crippen molar-refractivity contribution in [1.29, 1.82) is 0 Å². The van der Waals surface area contributed by atoms with Crippen molar-refractivity contribution in [3.05, 3.63) is 106 Å². The largest absolute Gasteiger partial charge is 0.478 e. The minimum Gasteiger partial charge on any atom is -0.478 e. The second kappa shape index (κ2) is 9.13. The Bertz CT molecular complexity index is 1440. The van der Waals surface area contributed by atoms with E-state index >= 15 is 0 Å². The van der Waals surface area contributed by atoms with E-state index in [1.165, 1.54) is 24.3 Å². The number of hydrogen-bond donors (Lipinski definition) is 2. The van der Waals surface area contributed by atoms with E-state index in [-0.39, 0.29) is 17.4 Å². The van der Waals surface area contributed by atoms with Crippen molar-refractivity contribution in [1.82, 2.24) is 10.3 Å². The molecule has 35 heavy (non-hydrogen) atoms. The summed E-state index contributed by atoms with van der Waals surface area (Å²) in [6.45, 7) is 1.69. The van der Waals surface area contributed by atoms with Crippen LogP contribution in [0.3, 0.4) is 0 Å². The van der Waals surface area contributed by atoms with E-state index in [2.05, 4.69) is 10.3 Å². The quantitative estimate of drug-likeness (QED) is 0.306. The summed E-state index contributed by atoms with van der Waals surface area (Å²) in [6.07, 6.45) is 1.70. The second-order valence-corrected chi connectivity index (χ2v) is 8.93. The number of anilines is 1. The predicted molar refractivity (Wildman–Crippen MR) is 135 cm³/mol. The Kier molecular flexibility index (Phi) is 6.00. The normalized spacial score (nSPS) is 17.5. The summed E-state index contributed by atoms with van der Waals surface area (Å²) >= 11 is 12.1. The van der Waals surface area contributed by atoms with Gasteiger partial charge < -0.3 is 19.7 Å². The number of nitrogens with zero attached hydrogens (tertiary/aromatic N) is 2. The van der Waals surface area contributed by atoms with E-state index in [0.29, 0.717) is 38.5 Å². The molecule has 3 heterocycles. The number of pyridine rings is 1. The first-order valence-electron chi connectivity index (χ1n) is 10.7. The predicted octanol–water partition coefficient (Wildman–Crippen LogP) is 6.32.